The van der Waals surface area contributed by atoms with Crippen molar-refractivity contribution in [3.05, 3.63) is 52.6 Å². The molecule has 3 heterocycles. The SMILES string of the molecule is Cn1c(=O)oc2ccc(S(=O)(=O)N3CCC(Oc4cc(C(F)(F)F)ccn4)C3)cc21. The van der Waals surface area contributed by atoms with Crippen LogP contribution in [0.3, 0.4) is 0 Å². The van der Waals surface area contributed by atoms with Crippen molar-refractivity contribution in [3.63, 3.8) is 0 Å². The molecule has 0 aliphatic carbocycles. The fourth-order valence-electron chi connectivity index (χ4n) is 3.25. The lowest BCUT2D eigenvalue weighted by Gasteiger charge is -2.17. The summed E-state index contributed by atoms with van der Waals surface area (Å²) in [7, 11) is -2.43. The van der Waals surface area contributed by atoms with Gasteiger partial charge in [-0.2, -0.15) is 17.5 Å². The minimum atomic E-state index is -4.53. The Morgan fingerprint density at radius 3 is 2.73 bits per heavy atom. The Hall–Kier alpha value is -2.86. The van der Waals surface area contributed by atoms with Gasteiger partial charge in [0.15, 0.2) is 5.58 Å². The van der Waals surface area contributed by atoms with Gasteiger partial charge in [-0.25, -0.2) is 18.2 Å². The highest BCUT2D eigenvalue weighted by molar-refractivity contribution is 7.89. The van der Waals surface area contributed by atoms with Gasteiger partial charge in [-0.15, -0.1) is 0 Å². The van der Waals surface area contributed by atoms with Gasteiger partial charge >= 0.3 is 11.9 Å². The minimum absolute atomic E-state index is 0.0238. The molecule has 1 unspecified atom stereocenters. The number of oxazole rings is 1. The Bertz CT molecular complexity index is 1270. The van der Waals surface area contributed by atoms with E-state index in [1.54, 1.807) is 0 Å². The fraction of sp³-hybridized carbons (Fsp3) is 0.333. The Balaban J connectivity index is 1.52. The second-order valence-corrected chi connectivity index (χ2v) is 8.77. The molecule has 12 heteroatoms. The molecule has 0 saturated carbocycles. The molecule has 0 amide bonds. The second kappa shape index (κ2) is 7.13. The Morgan fingerprint density at radius 1 is 1.23 bits per heavy atom. The molecule has 30 heavy (non-hydrogen) atoms. The van der Waals surface area contributed by atoms with Crippen molar-refractivity contribution in [3.8, 4) is 5.88 Å². The first-order chi connectivity index (χ1) is 14.1. The van der Waals surface area contributed by atoms with Crippen molar-refractivity contribution in [2.75, 3.05) is 13.1 Å². The predicted octanol–water partition coefficient (Wildman–Crippen LogP) is 2.39. The molecule has 3 aromatic rings. The number of rotatable bonds is 4. The molecule has 1 aromatic carbocycles. The zero-order valence-electron chi connectivity index (χ0n) is 15.6. The summed E-state index contributed by atoms with van der Waals surface area (Å²) in [5.41, 5.74) is -0.296. The maximum absolute atomic E-state index is 13.0. The largest absolute Gasteiger partial charge is 0.473 e. The second-order valence-electron chi connectivity index (χ2n) is 6.83. The van der Waals surface area contributed by atoms with E-state index in [1.807, 2.05) is 0 Å². The van der Waals surface area contributed by atoms with Crippen LogP contribution in [-0.2, 0) is 23.2 Å². The Labute approximate surface area is 168 Å². The first-order valence-electron chi connectivity index (χ1n) is 8.85. The third kappa shape index (κ3) is 3.67. The molecule has 0 spiro atoms. The molecule has 1 aliphatic rings. The lowest BCUT2D eigenvalue weighted by Crippen LogP contribution is -2.31. The summed E-state index contributed by atoms with van der Waals surface area (Å²) in [6, 6.07) is 5.70. The van der Waals surface area contributed by atoms with Gasteiger partial charge in [-0.05, 0) is 30.7 Å². The molecule has 2 aromatic heterocycles. The van der Waals surface area contributed by atoms with Gasteiger partial charge in [0.05, 0.1) is 22.5 Å². The van der Waals surface area contributed by atoms with Crippen molar-refractivity contribution in [2.45, 2.75) is 23.6 Å². The van der Waals surface area contributed by atoms with Crippen LogP contribution < -0.4 is 10.5 Å². The van der Waals surface area contributed by atoms with Crippen molar-refractivity contribution in [1.29, 1.82) is 0 Å². The van der Waals surface area contributed by atoms with E-state index >= 15 is 0 Å². The number of aromatic nitrogens is 2. The number of benzene rings is 1. The fourth-order valence-corrected chi connectivity index (χ4v) is 4.76. The summed E-state index contributed by atoms with van der Waals surface area (Å²) >= 11 is 0. The van der Waals surface area contributed by atoms with Gasteiger partial charge in [0.2, 0.25) is 15.9 Å². The molecule has 0 radical (unpaired) electrons. The Morgan fingerprint density at radius 2 is 2.00 bits per heavy atom. The third-order valence-corrected chi connectivity index (χ3v) is 6.72. The summed E-state index contributed by atoms with van der Waals surface area (Å²) in [5.74, 6) is -0.827. The molecule has 4 rings (SSSR count). The first-order valence-corrected chi connectivity index (χ1v) is 10.3. The van der Waals surface area contributed by atoms with Gasteiger partial charge in [-0.1, -0.05) is 0 Å². The van der Waals surface area contributed by atoms with Gasteiger partial charge in [0, 0.05) is 25.9 Å². The average molecular weight is 443 g/mol. The molecule has 0 bridgehead atoms. The maximum atomic E-state index is 13.0. The summed E-state index contributed by atoms with van der Waals surface area (Å²) in [6.07, 6.45) is -3.88. The first kappa shape index (κ1) is 20.4. The smallest absolute Gasteiger partial charge is 0.419 e. The zero-order valence-corrected chi connectivity index (χ0v) is 16.4. The number of hydrogen-bond donors (Lipinski definition) is 0. The van der Waals surface area contributed by atoms with Gasteiger partial charge in [0.25, 0.3) is 0 Å². The van der Waals surface area contributed by atoms with Crippen LogP contribution in [0.25, 0.3) is 11.1 Å². The van der Waals surface area contributed by atoms with E-state index in [0.29, 0.717) is 11.9 Å². The van der Waals surface area contributed by atoms with Crippen molar-refractivity contribution in [2.24, 2.45) is 7.05 Å². The van der Waals surface area contributed by atoms with E-state index in [9.17, 15) is 26.4 Å². The maximum Gasteiger partial charge on any atom is 0.419 e. The monoisotopic (exact) mass is 443 g/mol. The number of sulfonamides is 1. The number of fused-ring (bicyclic) bond motifs is 1. The highest BCUT2D eigenvalue weighted by atomic mass is 32.2. The van der Waals surface area contributed by atoms with Crippen LogP contribution in [0.1, 0.15) is 12.0 Å². The van der Waals surface area contributed by atoms with E-state index in [-0.39, 0.29) is 29.4 Å². The van der Waals surface area contributed by atoms with Crippen LogP contribution in [0.4, 0.5) is 13.2 Å². The van der Waals surface area contributed by atoms with Crippen molar-refractivity contribution in [1.82, 2.24) is 13.9 Å². The number of nitrogens with zero attached hydrogens (tertiary/aromatic N) is 3. The van der Waals surface area contributed by atoms with Crippen molar-refractivity contribution >= 4 is 21.1 Å². The predicted molar refractivity (Wildman–Crippen MR) is 98.5 cm³/mol. The molecule has 160 valence electrons. The quantitative estimate of drug-likeness (QED) is 0.615. The van der Waals surface area contributed by atoms with Crippen molar-refractivity contribution < 1.29 is 30.7 Å². The lowest BCUT2D eigenvalue weighted by molar-refractivity contribution is -0.137. The molecular weight excluding hydrogens is 427 g/mol. The number of ether oxygens (including phenoxy) is 1. The van der Waals surface area contributed by atoms with E-state index in [1.165, 1.54) is 34.1 Å². The summed E-state index contributed by atoms with van der Waals surface area (Å²) < 4.78 is 77.3. The highest BCUT2D eigenvalue weighted by Gasteiger charge is 2.35. The molecule has 0 N–H and O–H groups in total. The van der Waals surface area contributed by atoms with E-state index < -0.39 is 33.6 Å². The topological polar surface area (TPSA) is 94.6 Å². The van der Waals surface area contributed by atoms with E-state index in [4.69, 9.17) is 9.15 Å². The van der Waals surface area contributed by atoms with Crippen LogP contribution in [0.5, 0.6) is 5.88 Å². The van der Waals surface area contributed by atoms with Gasteiger partial charge in [0.1, 0.15) is 6.10 Å². The number of halogens is 3. The molecular formula is C18H16F3N3O5S. The van der Waals surface area contributed by atoms with E-state index in [2.05, 4.69) is 4.98 Å². The van der Waals surface area contributed by atoms with Crippen LogP contribution in [0, 0.1) is 0 Å². The van der Waals surface area contributed by atoms with Gasteiger partial charge < -0.3 is 9.15 Å². The van der Waals surface area contributed by atoms with Crippen LogP contribution in [-0.4, -0.2) is 41.5 Å². The van der Waals surface area contributed by atoms with Crippen LogP contribution in [0.15, 0.2) is 50.6 Å². The normalized spacial score (nSPS) is 18.2. The highest BCUT2D eigenvalue weighted by Crippen LogP contribution is 2.31. The summed E-state index contributed by atoms with van der Waals surface area (Å²) in [6.45, 7) is 0.0942. The molecule has 1 aliphatic heterocycles. The minimum Gasteiger partial charge on any atom is -0.473 e. The lowest BCUT2D eigenvalue weighted by atomic mass is 10.2. The molecule has 8 nitrogen and oxygen atoms in total. The van der Waals surface area contributed by atoms with E-state index in [0.717, 1.165) is 18.3 Å². The Kier molecular flexibility index (Phi) is 4.85. The standard InChI is InChI=1S/C18H16F3N3O5S/c1-23-14-9-13(2-3-15(14)29-17(23)25)30(26,27)24-7-5-12(10-24)28-16-8-11(4-6-22-16)18(19,20)21/h2-4,6,8-9,12H,5,7,10H2,1H3. The summed E-state index contributed by atoms with van der Waals surface area (Å²) in [5, 5.41) is 0. The number of aryl methyl sites for hydroxylation is 1. The molecule has 1 fully saturated rings. The van der Waals surface area contributed by atoms with Crippen LogP contribution in [0.2, 0.25) is 0 Å². The number of hydrogen-bond acceptors (Lipinski definition) is 6. The van der Waals surface area contributed by atoms with Gasteiger partial charge in [-0.3, -0.25) is 4.57 Å². The molecule has 1 saturated heterocycles. The van der Waals surface area contributed by atoms with Crippen LogP contribution >= 0.6 is 0 Å². The average Bonchev–Trinajstić information content (AvgIpc) is 3.26. The third-order valence-electron chi connectivity index (χ3n) is 4.86. The number of pyridine rings is 1. The molecule has 1 atom stereocenters. The zero-order chi connectivity index (χ0) is 21.7. The summed E-state index contributed by atoms with van der Waals surface area (Å²) in [4.78, 5) is 15.4. The number of alkyl halides is 3.